The van der Waals surface area contributed by atoms with Crippen molar-refractivity contribution in [2.75, 3.05) is 17.4 Å². The molecule has 36 heavy (non-hydrogen) atoms. The highest BCUT2D eigenvalue weighted by atomic mass is 35.5. The molecule has 3 rings (SSSR count). The van der Waals surface area contributed by atoms with Crippen LogP contribution in [0.5, 0.6) is 0 Å². The van der Waals surface area contributed by atoms with Gasteiger partial charge in [0, 0.05) is 23.1 Å². The number of amides is 2. The molecule has 0 bridgehead atoms. The third-order valence-corrected chi connectivity index (χ3v) is 7.68. The number of sulfonamides is 1. The molecule has 0 aliphatic heterocycles. The molecule has 1 N–H and O–H groups in total. The van der Waals surface area contributed by atoms with Gasteiger partial charge in [-0.1, -0.05) is 71.7 Å². The zero-order valence-electron chi connectivity index (χ0n) is 19.9. The van der Waals surface area contributed by atoms with Gasteiger partial charge in [0.2, 0.25) is 11.8 Å². The first-order chi connectivity index (χ1) is 17.1. The second kappa shape index (κ2) is 12.3. The van der Waals surface area contributed by atoms with E-state index in [0.717, 1.165) is 9.87 Å². The molecule has 0 aliphatic rings. The van der Waals surface area contributed by atoms with Crippen LogP contribution in [-0.2, 0) is 26.2 Å². The minimum absolute atomic E-state index is 0.000261. The minimum atomic E-state index is -4.18. The lowest BCUT2D eigenvalue weighted by Crippen LogP contribution is -2.51. The van der Waals surface area contributed by atoms with Crippen LogP contribution in [0.3, 0.4) is 0 Å². The highest BCUT2D eigenvalue weighted by Gasteiger charge is 2.32. The Kier molecular flexibility index (Phi) is 9.37. The van der Waals surface area contributed by atoms with E-state index < -0.39 is 28.5 Å². The van der Waals surface area contributed by atoms with Gasteiger partial charge in [0.25, 0.3) is 10.0 Å². The van der Waals surface area contributed by atoms with Crippen LogP contribution >= 0.6 is 23.2 Å². The maximum absolute atomic E-state index is 13.7. The van der Waals surface area contributed by atoms with Crippen molar-refractivity contribution >= 4 is 50.7 Å². The van der Waals surface area contributed by atoms with Crippen LogP contribution in [0.2, 0.25) is 10.0 Å². The van der Waals surface area contributed by atoms with E-state index in [1.807, 2.05) is 30.3 Å². The van der Waals surface area contributed by atoms with Crippen molar-refractivity contribution in [3.8, 4) is 0 Å². The highest BCUT2D eigenvalue weighted by Crippen LogP contribution is 2.30. The number of halogens is 2. The molecule has 0 fully saturated rings. The maximum Gasteiger partial charge on any atom is 0.264 e. The SMILES string of the molecule is CCNC(=O)[C@@H](C)N(Cc1ccccc1)C(=O)CN(c1cc(Cl)cc(Cl)c1)S(=O)(=O)c1ccccc1. The molecule has 0 saturated carbocycles. The number of likely N-dealkylation sites (N-methyl/N-ethyl adjacent to an activating group) is 1. The summed E-state index contributed by atoms with van der Waals surface area (Å²) in [4.78, 5) is 27.7. The van der Waals surface area contributed by atoms with Gasteiger partial charge in [0.1, 0.15) is 12.6 Å². The number of nitrogens with zero attached hydrogens (tertiary/aromatic N) is 2. The van der Waals surface area contributed by atoms with Crippen molar-refractivity contribution in [2.24, 2.45) is 0 Å². The standard InChI is InChI=1S/C26H27Cl2N3O4S/c1-3-29-26(33)19(2)30(17-20-10-6-4-7-11-20)25(32)18-31(23-15-21(27)14-22(28)16-23)36(34,35)24-12-8-5-9-13-24/h4-16,19H,3,17-18H2,1-2H3,(H,29,33)/t19-/m1/s1. The molecule has 0 radical (unpaired) electrons. The number of rotatable bonds is 10. The maximum atomic E-state index is 13.7. The first-order valence-electron chi connectivity index (χ1n) is 11.3. The molecule has 7 nitrogen and oxygen atoms in total. The van der Waals surface area contributed by atoms with Crippen molar-refractivity contribution in [3.05, 3.63) is 94.5 Å². The summed E-state index contributed by atoms with van der Waals surface area (Å²) in [7, 11) is -4.18. The van der Waals surface area contributed by atoms with E-state index >= 15 is 0 Å². The minimum Gasteiger partial charge on any atom is -0.355 e. The van der Waals surface area contributed by atoms with Gasteiger partial charge in [-0.3, -0.25) is 13.9 Å². The van der Waals surface area contributed by atoms with E-state index in [-0.39, 0.29) is 33.1 Å². The van der Waals surface area contributed by atoms with Gasteiger partial charge < -0.3 is 10.2 Å². The molecule has 2 amide bonds. The smallest absolute Gasteiger partial charge is 0.264 e. The predicted octanol–water partition coefficient (Wildman–Crippen LogP) is 4.74. The molecular formula is C26H27Cl2N3O4S. The van der Waals surface area contributed by atoms with Crippen LogP contribution in [0.1, 0.15) is 19.4 Å². The quantitative estimate of drug-likeness (QED) is 0.397. The topological polar surface area (TPSA) is 86.8 Å². The van der Waals surface area contributed by atoms with Crippen LogP contribution in [0.15, 0.2) is 83.8 Å². The van der Waals surface area contributed by atoms with Gasteiger partial charge in [-0.05, 0) is 49.7 Å². The van der Waals surface area contributed by atoms with Gasteiger partial charge in [0.15, 0.2) is 0 Å². The molecule has 3 aromatic carbocycles. The summed E-state index contributed by atoms with van der Waals surface area (Å²) in [6, 6.07) is 20.4. The highest BCUT2D eigenvalue weighted by molar-refractivity contribution is 7.92. The fourth-order valence-corrected chi connectivity index (χ4v) is 5.55. The van der Waals surface area contributed by atoms with Crippen molar-refractivity contribution in [3.63, 3.8) is 0 Å². The molecule has 10 heteroatoms. The summed E-state index contributed by atoms with van der Waals surface area (Å²) in [5.74, 6) is -0.904. The third kappa shape index (κ3) is 6.78. The Morgan fingerprint density at radius 3 is 2.03 bits per heavy atom. The van der Waals surface area contributed by atoms with Gasteiger partial charge in [-0.25, -0.2) is 8.42 Å². The summed E-state index contributed by atoms with van der Waals surface area (Å²) in [5.41, 5.74) is 0.931. The number of hydrogen-bond acceptors (Lipinski definition) is 4. The van der Waals surface area contributed by atoms with Gasteiger partial charge in [-0.15, -0.1) is 0 Å². The molecule has 0 aromatic heterocycles. The number of benzene rings is 3. The first kappa shape index (κ1) is 27.5. The van der Waals surface area contributed by atoms with Crippen LogP contribution < -0.4 is 9.62 Å². The summed E-state index contributed by atoms with van der Waals surface area (Å²) in [6.07, 6.45) is 0. The lowest BCUT2D eigenvalue weighted by Gasteiger charge is -2.32. The molecular weight excluding hydrogens is 521 g/mol. The number of carbonyl (C=O) groups is 2. The monoisotopic (exact) mass is 547 g/mol. The number of carbonyl (C=O) groups excluding carboxylic acids is 2. The number of anilines is 1. The van der Waals surface area contributed by atoms with Crippen molar-refractivity contribution < 1.29 is 18.0 Å². The lowest BCUT2D eigenvalue weighted by molar-refractivity contribution is -0.139. The normalized spacial score (nSPS) is 12.0. The molecule has 0 spiro atoms. The van der Waals surface area contributed by atoms with E-state index in [0.29, 0.717) is 6.54 Å². The molecule has 190 valence electrons. The van der Waals surface area contributed by atoms with E-state index in [9.17, 15) is 18.0 Å². The molecule has 0 unspecified atom stereocenters. The van der Waals surface area contributed by atoms with Crippen LogP contribution in [0.4, 0.5) is 5.69 Å². The van der Waals surface area contributed by atoms with E-state index in [1.54, 1.807) is 32.0 Å². The zero-order valence-corrected chi connectivity index (χ0v) is 22.2. The number of hydrogen-bond donors (Lipinski definition) is 1. The van der Waals surface area contributed by atoms with Crippen molar-refractivity contribution in [1.82, 2.24) is 10.2 Å². The van der Waals surface area contributed by atoms with Crippen molar-refractivity contribution in [1.29, 1.82) is 0 Å². The Hall–Kier alpha value is -3.07. The van der Waals surface area contributed by atoms with Crippen molar-refractivity contribution in [2.45, 2.75) is 31.3 Å². The Morgan fingerprint density at radius 2 is 1.47 bits per heavy atom. The zero-order chi connectivity index (χ0) is 26.3. The Bertz CT molecular complexity index is 1290. The largest absolute Gasteiger partial charge is 0.355 e. The van der Waals surface area contributed by atoms with E-state index in [2.05, 4.69) is 5.32 Å². The summed E-state index contributed by atoms with van der Waals surface area (Å²) in [5, 5.41) is 3.16. The lowest BCUT2D eigenvalue weighted by atomic mass is 10.1. The fourth-order valence-electron chi connectivity index (χ4n) is 3.62. The van der Waals surface area contributed by atoms with Gasteiger partial charge in [-0.2, -0.15) is 0 Å². The summed E-state index contributed by atoms with van der Waals surface area (Å²) >= 11 is 12.3. The molecule has 0 heterocycles. The predicted molar refractivity (Wildman–Crippen MR) is 143 cm³/mol. The van der Waals surface area contributed by atoms with E-state index in [4.69, 9.17) is 23.2 Å². The molecule has 1 atom stereocenters. The first-order valence-corrected chi connectivity index (χ1v) is 13.5. The summed E-state index contributed by atoms with van der Waals surface area (Å²) < 4.78 is 28.3. The number of nitrogens with one attached hydrogen (secondary N) is 1. The van der Waals surface area contributed by atoms with Crippen LogP contribution in [-0.4, -0.2) is 44.3 Å². The molecule has 0 saturated heterocycles. The second-order valence-electron chi connectivity index (χ2n) is 8.03. The molecule has 0 aliphatic carbocycles. The average molecular weight is 548 g/mol. The van der Waals surface area contributed by atoms with Gasteiger partial charge in [0.05, 0.1) is 10.6 Å². The Labute approximate surface area is 221 Å². The van der Waals surface area contributed by atoms with E-state index in [1.165, 1.54) is 35.2 Å². The summed E-state index contributed by atoms with van der Waals surface area (Å²) in [6.45, 7) is 3.34. The Balaban J connectivity index is 2.04. The van der Waals surface area contributed by atoms with Gasteiger partial charge >= 0.3 is 0 Å². The fraction of sp³-hybridized carbons (Fsp3) is 0.231. The second-order valence-corrected chi connectivity index (χ2v) is 10.8. The molecule has 3 aromatic rings. The Morgan fingerprint density at radius 1 is 0.917 bits per heavy atom. The average Bonchev–Trinajstić information content (AvgIpc) is 2.86. The van der Waals surface area contributed by atoms with Crippen LogP contribution in [0, 0.1) is 0 Å². The van der Waals surface area contributed by atoms with Crippen LogP contribution in [0.25, 0.3) is 0 Å². The third-order valence-electron chi connectivity index (χ3n) is 5.46.